The van der Waals surface area contributed by atoms with Gasteiger partial charge in [-0.1, -0.05) is 17.3 Å². The second-order valence-corrected chi connectivity index (χ2v) is 4.41. The van der Waals surface area contributed by atoms with Crippen LogP contribution in [0.15, 0.2) is 18.2 Å². The predicted molar refractivity (Wildman–Crippen MR) is 61.2 cm³/mol. The van der Waals surface area contributed by atoms with E-state index in [-0.39, 0.29) is 17.1 Å². The van der Waals surface area contributed by atoms with Crippen molar-refractivity contribution in [1.82, 2.24) is 4.57 Å². The fraction of sp³-hybridized carbons (Fsp3) is 0.182. The van der Waals surface area contributed by atoms with E-state index in [9.17, 15) is 13.2 Å². The van der Waals surface area contributed by atoms with Crippen LogP contribution in [0.4, 0.5) is 13.2 Å². The van der Waals surface area contributed by atoms with Gasteiger partial charge in [0.25, 0.3) is 0 Å². The lowest BCUT2D eigenvalue weighted by molar-refractivity contribution is -0.274. The Kier molecular flexibility index (Phi) is 3.05. The molecule has 1 aromatic heterocycles. The summed E-state index contributed by atoms with van der Waals surface area (Å²) in [6, 6.07) is 3.91. The normalized spacial score (nSPS) is 11.4. The predicted octanol–water partition coefficient (Wildman–Crippen LogP) is 2.71. The van der Waals surface area contributed by atoms with Crippen LogP contribution in [0.3, 0.4) is 0 Å². The Balaban J connectivity index is 2.48. The summed E-state index contributed by atoms with van der Waals surface area (Å²) < 4.78 is 42.1. The molecule has 0 fully saturated rings. The molecule has 1 aromatic carbocycles. The Hall–Kier alpha value is -1.94. The van der Waals surface area contributed by atoms with Crippen molar-refractivity contribution in [1.29, 1.82) is 5.41 Å². The van der Waals surface area contributed by atoms with E-state index in [1.54, 1.807) is 0 Å². The van der Waals surface area contributed by atoms with Crippen molar-refractivity contribution in [2.24, 2.45) is 0 Å². The van der Waals surface area contributed by atoms with Gasteiger partial charge in [-0.05, 0) is 18.2 Å². The second-order valence-electron chi connectivity index (χ2n) is 3.37. The van der Waals surface area contributed by atoms with Gasteiger partial charge in [0.1, 0.15) is 5.75 Å². The van der Waals surface area contributed by atoms with Crippen LogP contribution in [-0.2, 0) is 6.54 Å². The molecule has 94 valence electrons. The SMILES string of the molecule is C#CCn1c(=N)sc2cc(OC(F)(F)F)ccc21. The molecule has 3 nitrogen and oxygen atoms in total. The first-order valence-corrected chi connectivity index (χ1v) is 5.59. The Morgan fingerprint density at radius 1 is 1.44 bits per heavy atom. The molecule has 0 spiro atoms. The molecule has 7 heteroatoms. The summed E-state index contributed by atoms with van der Waals surface area (Å²) in [7, 11) is 0. The summed E-state index contributed by atoms with van der Waals surface area (Å²) in [5, 5.41) is 7.68. The van der Waals surface area contributed by atoms with Gasteiger partial charge in [0.15, 0.2) is 4.80 Å². The first-order valence-electron chi connectivity index (χ1n) is 4.78. The molecule has 2 rings (SSSR count). The summed E-state index contributed by atoms with van der Waals surface area (Å²) in [6.45, 7) is 0.207. The molecule has 0 aliphatic heterocycles. The molecule has 0 aliphatic rings. The molecule has 0 saturated heterocycles. The molecule has 2 aromatic rings. The van der Waals surface area contributed by atoms with Crippen molar-refractivity contribution < 1.29 is 17.9 Å². The van der Waals surface area contributed by atoms with Gasteiger partial charge in [-0.25, -0.2) is 0 Å². The maximum atomic E-state index is 12.1. The molecule has 0 unspecified atom stereocenters. The van der Waals surface area contributed by atoms with Crippen LogP contribution in [-0.4, -0.2) is 10.9 Å². The van der Waals surface area contributed by atoms with E-state index in [0.717, 1.165) is 11.3 Å². The van der Waals surface area contributed by atoms with Crippen molar-refractivity contribution in [3.8, 4) is 18.1 Å². The maximum absolute atomic E-state index is 12.1. The first-order chi connectivity index (χ1) is 8.40. The van der Waals surface area contributed by atoms with E-state index in [1.807, 2.05) is 0 Å². The molecular formula is C11H7F3N2OS. The number of benzene rings is 1. The van der Waals surface area contributed by atoms with Crippen LogP contribution in [0.2, 0.25) is 0 Å². The molecule has 0 radical (unpaired) electrons. The highest BCUT2D eigenvalue weighted by Crippen LogP contribution is 2.27. The third kappa shape index (κ3) is 2.49. The minimum absolute atomic E-state index is 0.187. The van der Waals surface area contributed by atoms with Gasteiger partial charge in [-0.15, -0.1) is 19.6 Å². The summed E-state index contributed by atoms with van der Waals surface area (Å²) in [5.41, 5.74) is 0.623. The van der Waals surface area contributed by atoms with Gasteiger partial charge in [-0.2, -0.15) is 0 Å². The van der Waals surface area contributed by atoms with E-state index in [1.165, 1.54) is 22.8 Å². The molecule has 0 saturated carbocycles. The molecule has 1 N–H and O–H groups in total. The zero-order chi connectivity index (χ0) is 13.3. The number of nitrogens with zero attached hydrogens (tertiary/aromatic N) is 1. The Morgan fingerprint density at radius 2 is 2.17 bits per heavy atom. The van der Waals surface area contributed by atoms with E-state index in [0.29, 0.717) is 10.2 Å². The lowest BCUT2D eigenvalue weighted by Gasteiger charge is -2.08. The number of hydrogen-bond acceptors (Lipinski definition) is 3. The zero-order valence-corrected chi connectivity index (χ0v) is 9.73. The summed E-state index contributed by atoms with van der Waals surface area (Å²) >= 11 is 1.05. The second kappa shape index (κ2) is 4.38. The number of hydrogen-bond donors (Lipinski definition) is 1. The van der Waals surface area contributed by atoms with Crippen molar-refractivity contribution in [3.63, 3.8) is 0 Å². The number of rotatable bonds is 2. The Bertz CT molecular complexity index is 678. The maximum Gasteiger partial charge on any atom is 0.573 e. The number of terminal acetylenes is 1. The van der Waals surface area contributed by atoms with Crippen LogP contribution in [0.1, 0.15) is 0 Å². The molecule has 1 heterocycles. The fourth-order valence-electron chi connectivity index (χ4n) is 1.51. The van der Waals surface area contributed by atoms with Crippen molar-refractivity contribution in [2.45, 2.75) is 12.9 Å². The fourth-order valence-corrected chi connectivity index (χ4v) is 2.45. The largest absolute Gasteiger partial charge is 0.573 e. The minimum Gasteiger partial charge on any atom is -0.406 e. The lowest BCUT2D eigenvalue weighted by atomic mass is 10.3. The van der Waals surface area contributed by atoms with Crippen molar-refractivity contribution >= 4 is 21.6 Å². The summed E-state index contributed by atoms with van der Waals surface area (Å²) in [5.74, 6) is 2.09. The van der Waals surface area contributed by atoms with Crippen LogP contribution >= 0.6 is 11.3 Å². The number of alkyl halides is 3. The van der Waals surface area contributed by atoms with Gasteiger partial charge in [0.05, 0.1) is 16.8 Å². The van der Waals surface area contributed by atoms with E-state index in [4.69, 9.17) is 11.8 Å². The first kappa shape index (κ1) is 12.5. The number of nitrogens with one attached hydrogen (secondary N) is 1. The minimum atomic E-state index is -4.72. The topological polar surface area (TPSA) is 38.0 Å². The lowest BCUT2D eigenvalue weighted by Crippen LogP contribution is -2.17. The smallest absolute Gasteiger partial charge is 0.406 e. The van der Waals surface area contributed by atoms with Gasteiger partial charge in [-0.3, -0.25) is 5.41 Å². The quantitative estimate of drug-likeness (QED) is 0.839. The average Bonchev–Trinajstić information content (AvgIpc) is 2.53. The highest BCUT2D eigenvalue weighted by molar-refractivity contribution is 7.16. The van der Waals surface area contributed by atoms with E-state index >= 15 is 0 Å². The average molecular weight is 272 g/mol. The molecule has 18 heavy (non-hydrogen) atoms. The Morgan fingerprint density at radius 3 is 2.78 bits per heavy atom. The third-order valence-corrected chi connectivity index (χ3v) is 3.12. The van der Waals surface area contributed by atoms with Gasteiger partial charge in [0, 0.05) is 0 Å². The number of aromatic nitrogens is 1. The van der Waals surface area contributed by atoms with E-state index in [2.05, 4.69) is 10.7 Å². The van der Waals surface area contributed by atoms with Crippen LogP contribution in [0, 0.1) is 17.8 Å². The number of halogens is 3. The van der Waals surface area contributed by atoms with Crippen LogP contribution in [0.5, 0.6) is 5.75 Å². The number of fused-ring (bicyclic) bond motifs is 1. The van der Waals surface area contributed by atoms with Crippen molar-refractivity contribution in [3.05, 3.63) is 23.0 Å². The highest BCUT2D eigenvalue weighted by atomic mass is 32.1. The standard InChI is InChI=1S/C11H7F3N2OS/c1-2-5-16-8-4-3-7(17-11(12,13)14)6-9(8)18-10(16)15/h1,3-4,6,15H,5H2. The third-order valence-electron chi connectivity index (χ3n) is 2.16. The Labute approximate surface area is 104 Å². The molecule has 0 aliphatic carbocycles. The van der Waals surface area contributed by atoms with Crippen molar-refractivity contribution in [2.75, 3.05) is 0 Å². The number of thiazole rings is 1. The molecule has 0 bridgehead atoms. The van der Waals surface area contributed by atoms with E-state index < -0.39 is 6.36 Å². The molecule has 0 atom stereocenters. The monoisotopic (exact) mass is 272 g/mol. The molecule has 0 amide bonds. The van der Waals surface area contributed by atoms with Gasteiger partial charge < -0.3 is 9.30 Å². The van der Waals surface area contributed by atoms with Gasteiger partial charge >= 0.3 is 6.36 Å². The molecular weight excluding hydrogens is 265 g/mol. The summed E-state index contributed by atoms with van der Waals surface area (Å²) in [6.07, 6.45) is 0.451. The van der Waals surface area contributed by atoms with Crippen LogP contribution < -0.4 is 9.54 Å². The number of ether oxygens (including phenoxy) is 1. The summed E-state index contributed by atoms with van der Waals surface area (Å²) in [4.78, 5) is 0.187. The zero-order valence-electron chi connectivity index (χ0n) is 8.91. The highest BCUT2D eigenvalue weighted by Gasteiger charge is 2.31. The van der Waals surface area contributed by atoms with Crippen LogP contribution in [0.25, 0.3) is 10.2 Å². The van der Waals surface area contributed by atoms with Gasteiger partial charge in [0.2, 0.25) is 0 Å².